The van der Waals surface area contributed by atoms with Crippen LogP contribution < -0.4 is 11.1 Å². The number of para-hydroxylation sites is 1. The first kappa shape index (κ1) is 37.4. The molecule has 0 saturated carbocycles. The fourth-order valence-corrected chi connectivity index (χ4v) is 8.66. The number of urea groups is 1. The van der Waals surface area contributed by atoms with Crippen LogP contribution >= 0.6 is 0 Å². The molecule has 0 unspecified atom stereocenters. The highest BCUT2D eigenvalue weighted by Gasteiger charge is 2.36. The zero-order valence-electron chi connectivity index (χ0n) is 31.2. The molecule has 0 aliphatic carbocycles. The Kier molecular flexibility index (Phi) is 11.2. The van der Waals surface area contributed by atoms with E-state index in [-0.39, 0.29) is 30.8 Å². The number of aliphatic carboxylic acids is 1. The van der Waals surface area contributed by atoms with Crippen molar-refractivity contribution in [1.82, 2.24) is 29.1 Å². The topological polar surface area (TPSA) is 161 Å². The van der Waals surface area contributed by atoms with Crippen molar-refractivity contribution >= 4 is 40.8 Å². The van der Waals surface area contributed by atoms with Crippen LogP contribution in [0.2, 0.25) is 0 Å². The zero-order valence-corrected chi connectivity index (χ0v) is 31.2. The lowest BCUT2D eigenvalue weighted by Crippen LogP contribution is -2.56. The number of piperidine rings is 2. The Labute approximate surface area is 314 Å². The van der Waals surface area contributed by atoms with Gasteiger partial charge in [0.25, 0.3) is 5.91 Å². The molecule has 4 aliphatic rings. The van der Waals surface area contributed by atoms with Gasteiger partial charge >= 0.3 is 23.8 Å². The number of nitrogens with zero attached hydrogens (tertiary/aromatic N) is 6. The number of piperazine rings is 1. The lowest BCUT2D eigenvalue weighted by molar-refractivity contribution is -0.143. The quantitative estimate of drug-likeness (QED) is 0.333. The lowest BCUT2D eigenvalue weighted by atomic mass is 10.0. The summed E-state index contributed by atoms with van der Waals surface area (Å²) in [6.45, 7) is 7.97. The Balaban J connectivity index is 0.991. The molecule has 4 aliphatic heterocycles. The number of aromatic nitrogens is 1. The number of carboxylic acids is 1. The van der Waals surface area contributed by atoms with Crippen LogP contribution in [0.3, 0.4) is 0 Å². The van der Waals surface area contributed by atoms with Crippen LogP contribution in [0, 0.1) is 6.92 Å². The van der Waals surface area contributed by atoms with Crippen LogP contribution in [-0.2, 0) is 34.2 Å². The molecule has 2 aromatic carbocycles. The summed E-state index contributed by atoms with van der Waals surface area (Å²) in [7, 11) is 1.65. The molecule has 0 bridgehead atoms. The number of amides is 4. The third kappa shape index (κ3) is 8.26. The predicted octanol–water partition coefficient (Wildman–Crippen LogP) is 3.13. The van der Waals surface area contributed by atoms with Gasteiger partial charge in [0.15, 0.2) is 11.7 Å². The Morgan fingerprint density at radius 1 is 0.907 bits per heavy atom. The standard InChI is InChI=1S/C39H51N7O8/c1-26-23-27(24-32-35(26)41(2)38(51)53-32)25-33(36(49)44-21-19-43(20-22-44)29-8-13-42(14-9-29)15-12-34(47)48)54-39(52)45-16-10-30(11-17-45)46-18-7-28-5-3-4-6-31(28)40-37(46)50/h3-6,23-24,29-30,33H,7-22,25H2,1-2H3,(H,40,50)(H,47,48)/t33-/m1/s1. The minimum atomic E-state index is -1.08. The van der Waals surface area contributed by atoms with Gasteiger partial charge in [0, 0.05) is 83.6 Å². The summed E-state index contributed by atoms with van der Waals surface area (Å²) < 4.78 is 13.0. The Morgan fingerprint density at radius 2 is 1.61 bits per heavy atom. The number of ether oxygens (including phenoxy) is 1. The molecule has 0 radical (unpaired) electrons. The summed E-state index contributed by atoms with van der Waals surface area (Å²) in [6.07, 6.45) is 2.49. The van der Waals surface area contributed by atoms with Gasteiger partial charge in [-0.15, -0.1) is 0 Å². The fourth-order valence-electron chi connectivity index (χ4n) is 8.66. The summed E-state index contributed by atoms with van der Waals surface area (Å²) in [5, 5.41) is 12.1. The molecule has 3 fully saturated rings. The number of oxazole rings is 1. The molecule has 290 valence electrons. The lowest BCUT2D eigenvalue weighted by Gasteiger charge is -2.43. The smallest absolute Gasteiger partial charge is 0.419 e. The second kappa shape index (κ2) is 16.2. The van der Waals surface area contributed by atoms with E-state index >= 15 is 0 Å². The molecule has 3 saturated heterocycles. The zero-order chi connectivity index (χ0) is 37.9. The number of fused-ring (bicyclic) bond motifs is 2. The number of hydrogen-bond acceptors (Lipinski definition) is 9. The molecule has 2 N–H and O–H groups in total. The maximum absolute atomic E-state index is 14.2. The van der Waals surface area contributed by atoms with Crippen molar-refractivity contribution < 1.29 is 33.4 Å². The van der Waals surface area contributed by atoms with Gasteiger partial charge in [-0.3, -0.25) is 19.1 Å². The van der Waals surface area contributed by atoms with Crippen molar-refractivity contribution in [2.24, 2.45) is 7.05 Å². The number of nitrogens with one attached hydrogen (secondary N) is 1. The minimum Gasteiger partial charge on any atom is -0.481 e. The van der Waals surface area contributed by atoms with Gasteiger partial charge in [0.05, 0.1) is 11.9 Å². The van der Waals surface area contributed by atoms with Gasteiger partial charge in [0.1, 0.15) is 0 Å². The second-order valence-corrected chi connectivity index (χ2v) is 15.1. The average molecular weight is 746 g/mol. The molecule has 1 atom stereocenters. The largest absolute Gasteiger partial charge is 0.481 e. The van der Waals surface area contributed by atoms with E-state index in [0.717, 1.165) is 54.7 Å². The Morgan fingerprint density at radius 3 is 2.33 bits per heavy atom. The molecule has 0 spiro atoms. The average Bonchev–Trinajstić information content (AvgIpc) is 3.35. The minimum absolute atomic E-state index is 0.0238. The van der Waals surface area contributed by atoms with Crippen LogP contribution in [-0.4, -0.2) is 142 Å². The van der Waals surface area contributed by atoms with Crippen LogP contribution in [0.15, 0.2) is 45.6 Å². The van der Waals surface area contributed by atoms with Gasteiger partial charge < -0.3 is 39.2 Å². The maximum Gasteiger partial charge on any atom is 0.419 e. The van der Waals surface area contributed by atoms with Gasteiger partial charge in [0.2, 0.25) is 0 Å². The van der Waals surface area contributed by atoms with Crippen molar-refractivity contribution in [2.75, 3.05) is 70.8 Å². The molecule has 4 amide bonds. The molecular weight excluding hydrogens is 694 g/mol. The molecule has 5 heterocycles. The van der Waals surface area contributed by atoms with E-state index in [0.29, 0.717) is 82.3 Å². The number of carbonyl (C=O) groups is 4. The van der Waals surface area contributed by atoms with E-state index < -0.39 is 23.9 Å². The van der Waals surface area contributed by atoms with Crippen LogP contribution in [0.25, 0.3) is 11.1 Å². The van der Waals surface area contributed by atoms with E-state index in [4.69, 9.17) is 14.3 Å². The van der Waals surface area contributed by atoms with Crippen molar-refractivity contribution in [1.29, 1.82) is 0 Å². The highest BCUT2D eigenvalue weighted by molar-refractivity contribution is 5.91. The first-order valence-corrected chi connectivity index (χ1v) is 19.2. The number of anilines is 1. The maximum atomic E-state index is 14.2. The molecule has 1 aromatic heterocycles. The molecule has 54 heavy (non-hydrogen) atoms. The first-order valence-electron chi connectivity index (χ1n) is 19.2. The fraction of sp³-hybridized carbons (Fsp3) is 0.564. The SMILES string of the molecule is Cc1cc(C[C@@H](OC(=O)N2CCC(N3CCc4ccccc4NC3=O)CC2)C(=O)N2CCN(C3CCN(CCC(=O)O)CC3)CC2)cc2oc(=O)n(C)c12. The van der Waals surface area contributed by atoms with Gasteiger partial charge in [-0.05, 0) is 80.9 Å². The van der Waals surface area contributed by atoms with E-state index in [2.05, 4.69) is 15.1 Å². The summed E-state index contributed by atoms with van der Waals surface area (Å²) in [4.78, 5) is 74.3. The number of carboxylic acid groups (broad SMARTS) is 1. The molecule has 3 aromatic rings. The first-order chi connectivity index (χ1) is 26.0. The van der Waals surface area contributed by atoms with Crippen molar-refractivity contribution in [3.8, 4) is 0 Å². The van der Waals surface area contributed by atoms with Crippen LogP contribution in [0.5, 0.6) is 0 Å². The number of benzene rings is 2. The molecule has 15 nitrogen and oxygen atoms in total. The summed E-state index contributed by atoms with van der Waals surface area (Å²) in [5.41, 5.74) is 4.57. The Hall–Kier alpha value is -4.89. The van der Waals surface area contributed by atoms with Gasteiger partial charge in [-0.1, -0.05) is 24.3 Å². The van der Waals surface area contributed by atoms with Gasteiger partial charge in [-0.25, -0.2) is 14.4 Å². The van der Waals surface area contributed by atoms with Crippen LogP contribution in [0.4, 0.5) is 15.3 Å². The van der Waals surface area contributed by atoms with Crippen molar-refractivity contribution in [3.63, 3.8) is 0 Å². The number of carbonyl (C=O) groups excluding carboxylic acids is 3. The van der Waals surface area contributed by atoms with Crippen LogP contribution in [0.1, 0.15) is 48.8 Å². The van der Waals surface area contributed by atoms with Crippen molar-refractivity contribution in [3.05, 3.63) is 63.6 Å². The normalized spacial score (nSPS) is 20.0. The van der Waals surface area contributed by atoms with E-state index in [1.165, 1.54) is 4.57 Å². The number of hydrogen-bond donors (Lipinski definition) is 2. The molecular formula is C39H51N7O8. The summed E-state index contributed by atoms with van der Waals surface area (Å²) >= 11 is 0. The third-order valence-electron chi connectivity index (χ3n) is 11.7. The second-order valence-electron chi connectivity index (χ2n) is 15.1. The highest BCUT2D eigenvalue weighted by Crippen LogP contribution is 2.27. The monoisotopic (exact) mass is 745 g/mol. The third-order valence-corrected chi connectivity index (χ3v) is 11.7. The number of aryl methyl sites for hydroxylation is 2. The van der Waals surface area contributed by atoms with E-state index in [1.807, 2.05) is 42.2 Å². The molecule has 15 heteroatoms. The number of likely N-dealkylation sites (tertiary alicyclic amines) is 2. The predicted molar refractivity (Wildman–Crippen MR) is 200 cm³/mol. The van der Waals surface area contributed by atoms with Crippen molar-refractivity contribution in [2.45, 2.75) is 70.1 Å². The summed E-state index contributed by atoms with van der Waals surface area (Å²) in [6, 6.07) is 11.7. The summed E-state index contributed by atoms with van der Waals surface area (Å²) in [5.74, 6) is -1.51. The Bertz CT molecular complexity index is 1920. The molecule has 7 rings (SSSR count). The van der Waals surface area contributed by atoms with E-state index in [9.17, 15) is 24.0 Å². The number of rotatable bonds is 9. The van der Waals surface area contributed by atoms with E-state index in [1.54, 1.807) is 22.9 Å². The highest BCUT2D eigenvalue weighted by atomic mass is 16.6. The van der Waals surface area contributed by atoms with Gasteiger partial charge in [-0.2, -0.15) is 0 Å².